The van der Waals surface area contributed by atoms with E-state index in [1.807, 2.05) is 18.7 Å². The fourth-order valence-corrected chi connectivity index (χ4v) is 4.39. The number of aliphatic imine (C=N–C) groups is 1. The Hall–Kier alpha value is -1.68. The quantitative estimate of drug-likeness (QED) is 0.827. The Bertz CT molecular complexity index is 772. The van der Waals surface area contributed by atoms with Crippen molar-refractivity contribution in [3.05, 3.63) is 40.5 Å². The predicted molar refractivity (Wildman–Crippen MR) is 89.4 cm³/mol. The number of amidine groups is 1. The van der Waals surface area contributed by atoms with Crippen LogP contribution in [0.2, 0.25) is 0 Å². The van der Waals surface area contributed by atoms with Crippen molar-refractivity contribution >= 4 is 33.6 Å². The molecule has 3 nitrogen and oxygen atoms in total. The molecule has 0 aliphatic carbocycles. The Balaban J connectivity index is 1.92. The lowest BCUT2D eigenvalue weighted by molar-refractivity contribution is 0.574. The largest absolute Gasteiger partial charge is 0.461 e. The van der Waals surface area contributed by atoms with E-state index in [1.165, 1.54) is 21.6 Å². The first kappa shape index (κ1) is 13.0. The van der Waals surface area contributed by atoms with E-state index in [2.05, 4.69) is 41.1 Å². The fraction of sp³-hybridized carbons (Fsp3) is 0.353. The molecule has 0 fully saturated rings. The molecule has 0 atom stereocenters. The van der Waals surface area contributed by atoms with E-state index in [0.717, 1.165) is 42.4 Å². The van der Waals surface area contributed by atoms with Gasteiger partial charge < -0.3 is 9.32 Å². The summed E-state index contributed by atoms with van der Waals surface area (Å²) in [6, 6.07) is 8.54. The molecule has 0 amide bonds. The van der Waals surface area contributed by atoms with Crippen LogP contribution in [-0.4, -0.2) is 23.2 Å². The second-order valence-electron chi connectivity index (χ2n) is 5.52. The highest BCUT2D eigenvalue weighted by atomic mass is 32.2. The van der Waals surface area contributed by atoms with Gasteiger partial charge in [-0.25, -0.2) is 0 Å². The average Bonchev–Trinajstić information content (AvgIpc) is 3.11. The summed E-state index contributed by atoms with van der Waals surface area (Å²) in [5.41, 5.74) is 3.54. The molecule has 1 aromatic carbocycles. The SMILES string of the molecule is CCCC1=C(c2cccc3cc(C)oc23)N2CCN=C2S1. The Morgan fingerprint density at radius 3 is 3.14 bits per heavy atom. The lowest BCUT2D eigenvalue weighted by Crippen LogP contribution is -2.20. The number of para-hydroxylation sites is 1. The number of aryl methyl sites for hydroxylation is 1. The molecule has 2 aliphatic heterocycles. The minimum atomic E-state index is 0.901. The van der Waals surface area contributed by atoms with Crippen LogP contribution in [-0.2, 0) is 0 Å². The van der Waals surface area contributed by atoms with Gasteiger partial charge in [-0.05, 0) is 25.5 Å². The zero-order chi connectivity index (χ0) is 14.4. The molecule has 21 heavy (non-hydrogen) atoms. The fourth-order valence-electron chi connectivity index (χ4n) is 3.10. The van der Waals surface area contributed by atoms with Crippen LogP contribution in [0.4, 0.5) is 0 Å². The van der Waals surface area contributed by atoms with E-state index in [4.69, 9.17) is 4.42 Å². The molecule has 0 N–H and O–H groups in total. The number of fused-ring (bicyclic) bond motifs is 2. The number of hydrogen-bond donors (Lipinski definition) is 0. The molecule has 0 radical (unpaired) electrons. The molecule has 2 aliphatic rings. The van der Waals surface area contributed by atoms with Crippen molar-refractivity contribution in [1.82, 2.24) is 4.90 Å². The molecule has 0 bridgehead atoms. The molecule has 4 heteroatoms. The van der Waals surface area contributed by atoms with E-state index >= 15 is 0 Å². The summed E-state index contributed by atoms with van der Waals surface area (Å²) in [7, 11) is 0. The van der Waals surface area contributed by atoms with Gasteiger partial charge in [0.1, 0.15) is 11.3 Å². The third-order valence-electron chi connectivity index (χ3n) is 3.95. The van der Waals surface area contributed by atoms with Gasteiger partial charge in [0.05, 0.1) is 12.2 Å². The van der Waals surface area contributed by atoms with Crippen molar-refractivity contribution in [1.29, 1.82) is 0 Å². The van der Waals surface area contributed by atoms with Crippen LogP contribution in [0.15, 0.2) is 38.6 Å². The van der Waals surface area contributed by atoms with Gasteiger partial charge in [-0.1, -0.05) is 37.2 Å². The van der Waals surface area contributed by atoms with Crippen molar-refractivity contribution in [3.8, 4) is 0 Å². The normalized spacial score (nSPS) is 17.8. The Morgan fingerprint density at radius 2 is 2.29 bits per heavy atom. The number of benzene rings is 1. The highest BCUT2D eigenvalue weighted by Gasteiger charge is 2.33. The minimum Gasteiger partial charge on any atom is -0.461 e. The Morgan fingerprint density at radius 1 is 1.38 bits per heavy atom. The summed E-state index contributed by atoms with van der Waals surface area (Å²) in [6.45, 7) is 6.13. The van der Waals surface area contributed by atoms with Crippen molar-refractivity contribution in [2.45, 2.75) is 26.7 Å². The number of nitrogens with zero attached hydrogens (tertiary/aromatic N) is 2. The summed E-state index contributed by atoms with van der Waals surface area (Å²) < 4.78 is 5.98. The van der Waals surface area contributed by atoms with Gasteiger partial charge in [-0.2, -0.15) is 0 Å². The molecule has 0 saturated carbocycles. The smallest absolute Gasteiger partial charge is 0.168 e. The van der Waals surface area contributed by atoms with Crippen LogP contribution in [0.3, 0.4) is 0 Å². The molecule has 0 spiro atoms. The number of furan rings is 1. The van der Waals surface area contributed by atoms with Crippen molar-refractivity contribution < 1.29 is 4.42 Å². The van der Waals surface area contributed by atoms with Gasteiger partial charge in [-0.15, -0.1) is 0 Å². The van der Waals surface area contributed by atoms with Gasteiger partial charge in [0.25, 0.3) is 0 Å². The van der Waals surface area contributed by atoms with Gasteiger partial charge >= 0.3 is 0 Å². The van der Waals surface area contributed by atoms with Crippen molar-refractivity contribution in [2.75, 3.05) is 13.1 Å². The summed E-state index contributed by atoms with van der Waals surface area (Å²) >= 11 is 1.84. The second-order valence-corrected chi connectivity index (χ2v) is 6.58. The van der Waals surface area contributed by atoms with E-state index in [9.17, 15) is 0 Å². The first-order chi connectivity index (χ1) is 10.3. The number of thioether (sulfide) groups is 1. The lowest BCUT2D eigenvalue weighted by atomic mass is 10.1. The van der Waals surface area contributed by atoms with Gasteiger partial charge in [0, 0.05) is 22.4 Å². The second kappa shape index (κ2) is 4.95. The van der Waals surface area contributed by atoms with E-state index in [1.54, 1.807) is 0 Å². The van der Waals surface area contributed by atoms with Crippen LogP contribution in [0.1, 0.15) is 31.1 Å². The minimum absolute atomic E-state index is 0.901. The molecular formula is C17H18N2OS. The number of hydrogen-bond acceptors (Lipinski definition) is 4. The summed E-state index contributed by atoms with van der Waals surface area (Å²) in [5, 5.41) is 2.34. The topological polar surface area (TPSA) is 28.7 Å². The number of allylic oxidation sites excluding steroid dienone is 1. The molecule has 108 valence electrons. The van der Waals surface area contributed by atoms with Crippen LogP contribution < -0.4 is 0 Å². The Labute approximate surface area is 128 Å². The Kier molecular flexibility index (Phi) is 3.07. The summed E-state index contributed by atoms with van der Waals surface area (Å²) in [4.78, 5) is 8.42. The lowest BCUT2D eigenvalue weighted by Gasteiger charge is -2.17. The summed E-state index contributed by atoms with van der Waals surface area (Å²) in [5.74, 6) is 0.969. The van der Waals surface area contributed by atoms with Gasteiger partial charge in [-0.3, -0.25) is 4.99 Å². The zero-order valence-corrected chi connectivity index (χ0v) is 13.2. The zero-order valence-electron chi connectivity index (χ0n) is 12.3. The number of rotatable bonds is 3. The molecule has 0 saturated heterocycles. The van der Waals surface area contributed by atoms with Crippen LogP contribution in [0, 0.1) is 6.92 Å². The van der Waals surface area contributed by atoms with Crippen LogP contribution in [0.5, 0.6) is 0 Å². The first-order valence-electron chi connectivity index (χ1n) is 7.50. The third kappa shape index (κ3) is 2.01. The first-order valence-corrected chi connectivity index (χ1v) is 8.32. The molecule has 3 heterocycles. The monoisotopic (exact) mass is 298 g/mol. The van der Waals surface area contributed by atoms with E-state index in [0.29, 0.717) is 0 Å². The van der Waals surface area contributed by atoms with Crippen molar-refractivity contribution in [3.63, 3.8) is 0 Å². The molecule has 1 aromatic heterocycles. The van der Waals surface area contributed by atoms with Crippen molar-refractivity contribution in [2.24, 2.45) is 4.99 Å². The van der Waals surface area contributed by atoms with Gasteiger partial charge in [0.15, 0.2) is 5.17 Å². The highest BCUT2D eigenvalue weighted by Crippen LogP contribution is 2.45. The molecular weight excluding hydrogens is 280 g/mol. The molecule has 4 rings (SSSR count). The maximum absolute atomic E-state index is 5.98. The van der Waals surface area contributed by atoms with Gasteiger partial charge in [0.2, 0.25) is 0 Å². The highest BCUT2D eigenvalue weighted by molar-refractivity contribution is 8.17. The van der Waals surface area contributed by atoms with Crippen LogP contribution >= 0.6 is 11.8 Å². The average molecular weight is 298 g/mol. The molecule has 0 unspecified atom stereocenters. The maximum Gasteiger partial charge on any atom is 0.168 e. The maximum atomic E-state index is 5.98. The van der Waals surface area contributed by atoms with Crippen LogP contribution in [0.25, 0.3) is 16.7 Å². The third-order valence-corrected chi connectivity index (χ3v) is 5.13. The van der Waals surface area contributed by atoms with E-state index in [-0.39, 0.29) is 0 Å². The van der Waals surface area contributed by atoms with E-state index < -0.39 is 0 Å². The standard InChI is InChI=1S/C17H18N2OS/c1-3-5-14-15(19-9-8-18-17(19)21-14)13-7-4-6-12-10-11(2)20-16(12)13/h4,6-7,10H,3,5,8-9H2,1-2H3. The summed E-state index contributed by atoms with van der Waals surface area (Å²) in [6.07, 6.45) is 2.26. The molecule has 2 aromatic rings. The predicted octanol–water partition coefficient (Wildman–Crippen LogP) is 4.63.